The van der Waals surface area contributed by atoms with Gasteiger partial charge in [-0.2, -0.15) is 5.10 Å². The highest BCUT2D eigenvalue weighted by atomic mass is 19.1. The first kappa shape index (κ1) is 21.9. The van der Waals surface area contributed by atoms with E-state index in [0.717, 1.165) is 11.1 Å². The average Bonchev–Trinajstić information content (AvgIpc) is 3.15. The fraction of sp³-hybridized carbons (Fsp3) is 0.120. The van der Waals surface area contributed by atoms with Crippen LogP contribution in [0.5, 0.6) is 0 Å². The average molecular weight is 443 g/mol. The van der Waals surface area contributed by atoms with Crippen LogP contribution in [0, 0.1) is 19.7 Å². The molecular formula is C25H22FN5O2. The van der Waals surface area contributed by atoms with E-state index in [1.807, 2.05) is 19.1 Å². The number of nitrogens with one attached hydrogen (secondary N) is 2. The Morgan fingerprint density at radius 2 is 1.64 bits per heavy atom. The highest BCUT2D eigenvalue weighted by Crippen LogP contribution is 2.26. The molecule has 0 unspecified atom stereocenters. The minimum absolute atomic E-state index is 0.0416. The fourth-order valence-electron chi connectivity index (χ4n) is 3.43. The number of amides is 2. The van der Waals surface area contributed by atoms with Gasteiger partial charge in [-0.05, 0) is 55.8 Å². The maximum absolute atomic E-state index is 13.9. The number of anilines is 2. The van der Waals surface area contributed by atoms with Gasteiger partial charge in [-0.1, -0.05) is 18.2 Å². The number of hydrogen-bond donors (Lipinski definition) is 2. The molecule has 0 aliphatic carbocycles. The lowest BCUT2D eigenvalue weighted by molar-refractivity contribution is 0.101. The Hall–Kier alpha value is -4.33. The molecule has 0 radical (unpaired) electrons. The van der Waals surface area contributed by atoms with Gasteiger partial charge in [0.2, 0.25) is 0 Å². The van der Waals surface area contributed by atoms with Gasteiger partial charge in [-0.25, -0.2) is 4.39 Å². The lowest BCUT2D eigenvalue weighted by atomic mass is 10.1. The summed E-state index contributed by atoms with van der Waals surface area (Å²) < 4.78 is 15.4. The van der Waals surface area contributed by atoms with E-state index in [4.69, 9.17) is 0 Å². The second kappa shape index (κ2) is 9.04. The number of rotatable bonds is 5. The zero-order chi connectivity index (χ0) is 23.5. The van der Waals surface area contributed by atoms with E-state index in [1.165, 1.54) is 22.9 Å². The van der Waals surface area contributed by atoms with Gasteiger partial charge < -0.3 is 10.6 Å². The summed E-state index contributed by atoms with van der Waals surface area (Å²) in [6, 6.07) is 16.5. The van der Waals surface area contributed by atoms with Crippen LogP contribution < -0.4 is 10.6 Å². The van der Waals surface area contributed by atoms with Crippen LogP contribution in [0.1, 0.15) is 32.0 Å². The first-order valence-electron chi connectivity index (χ1n) is 10.3. The molecular weight excluding hydrogens is 421 g/mol. The van der Waals surface area contributed by atoms with Crippen LogP contribution in [-0.2, 0) is 7.05 Å². The van der Waals surface area contributed by atoms with Crippen LogP contribution in [0.2, 0.25) is 0 Å². The Labute approximate surface area is 190 Å². The molecule has 0 atom stereocenters. The molecule has 2 amide bonds. The molecule has 2 aromatic carbocycles. The highest BCUT2D eigenvalue weighted by Gasteiger charge is 2.16. The second-order valence-corrected chi connectivity index (χ2v) is 7.59. The predicted octanol–water partition coefficient (Wildman–Crippen LogP) is 4.74. The van der Waals surface area contributed by atoms with E-state index in [0.29, 0.717) is 28.5 Å². The van der Waals surface area contributed by atoms with Crippen molar-refractivity contribution in [2.75, 3.05) is 10.6 Å². The number of benzene rings is 2. The molecule has 2 N–H and O–H groups in total. The number of aryl methyl sites for hydroxylation is 3. The van der Waals surface area contributed by atoms with E-state index >= 15 is 0 Å². The quantitative estimate of drug-likeness (QED) is 0.466. The van der Waals surface area contributed by atoms with Crippen molar-refractivity contribution in [3.63, 3.8) is 0 Å². The van der Waals surface area contributed by atoms with Gasteiger partial charge in [0.05, 0.1) is 16.8 Å². The van der Waals surface area contributed by atoms with Gasteiger partial charge in [-0.3, -0.25) is 19.3 Å². The molecule has 0 bridgehead atoms. The third-order valence-corrected chi connectivity index (χ3v) is 5.26. The molecule has 8 heteroatoms. The Bertz CT molecular complexity index is 1360. The van der Waals surface area contributed by atoms with Crippen molar-refractivity contribution in [3.8, 4) is 11.3 Å². The molecule has 0 fully saturated rings. The maximum atomic E-state index is 13.9. The standard InChI is InChI=1S/C25H22FN5O2/c1-15-13-17(10-11-21(15)28-24(32)18-8-6-12-27-16(18)2)22-14-23(31(3)30-22)29-25(33)19-7-4-5-9-20(19)26/h4-14H,1-3H3,(H,28,32)(H,29,33). The van der Waals surface area contributed by atoms with Crippen molar-refractivity contribution in [2.24, 2.45) is 7.05 Å². The van der Waals surface area contributed by atoms with E-state index < -0.39 is 11.7 Å². The first-order valence-corrected chi connectivity index (χ1v) is 10.3. The molecule has 2 aromatic heterocycles. The van der Waals surface area contributed by atoms with Crippen molar-refractivity contribution < 1.29 is 14.0 Å². The number of aromatic nitrogens is 3. The third kappa shape index (κ3) is 4.64. The summed E-state index contributed by atoms with van der Waals surface area (Å²) >= 11 is 0. The van der Waals surface area contributed by atoms with Gasteiger partial charge in [0, 0.05) is 36.3 Å². The number of nitrogens with zero attached hydrogens (tertiary/aromatic N) is 3. The SMILES string of the molecule is Cc1cc(-c2cc(NC(=O)c3ccccc3F)n(C)n2)ccc1NC(=O)c1cccnc1C. The summed E-state index contributed by atoms with van der Waals surface area (Å²) in [4.78, 5) is 29.2. The Morgan fingerprint density at radius 1 is 0.909 bits per heavy atom. The van der Waals surface area contributed by atoms with Crippen LogP contribution in [0.4, 0.5) is 15.9 Å². The van der Waals surface area contributed by atoms with Gasteiger partial charge in [-0.15, -0.1) is 0 Å². The van der Waals surface area contributed by atoms with Gasteiger partial charge in [0.15, 0.2) is 0 Å². The van der Waals surface area contributed by atoms with E-state index in [9.17, 15) is 14.0 Å². The maximum Gasteiger partial charge on any atom is 0.259 e. The summed E-state index contributed by atoms with van der Waals surface area (Å²) in [7, 11) is 1.69. The summed E-state index contributed by atoms with van der Waals surface area (Å²) in [5.74, 6) is -0.942. The molecule has 7 nitrogen and oxygen atoms in total. The molecule has 0 aliphatic rings. The van der Waals surface area contributed by atoms with Gasteiger partial charge in [0.1, 0.15) is 11.6 Å². The molecule has 166 valence electrons. The third-order valence-electron chi connectivity index (χ3n) is 5.26. The number of halogens is 1. The van der Waals surface area contributed by atoms with Crippen molar-refractivity contribution in [2.45, 2.75) is 13.8 Å². The largest absolute Gasteiger partial charge is 0.322 e. The summed E-state index contributed by atoms with van der Waals surface area (Å²) in [6.07, 6.45) is 1.64. The summed E-state index contributed by atoms with van der Waals surface area (Å²) in [5.41, 5.74) is 4.10. The molecule has 0 saturated heterocycles. The normalized spacial score (nSPS) is 10.7. The van der Waals surface area contributed by atoms with Crippen LogP contribution in [0.3, 0.4) is 0 Å². The lowest BCUT2D eigenvalue weighted by Gasteiger charge is -2.10. The van der Waals surface area contributed by atoms with Crippen LogP contribution in [0.25, 0.3) is 11.3 Å². The van der Waals surface area contributed by atoms with Crippen LogP contribution in [0.15, 0.2) is 66.9 Å². The van der Waals surface area contributed by atoms with Crippen molar-refractivity contribution in [3.05, 3.63) is 95.1 Å². The van der Waals surface area contributed by atoms with Crippen LogP contribution >= 0.6 is 0 Å². The smallest absolute Gasteiger partial charge is 0.259 e. The number of carbonyl (C=O) groups is 2. The molecule has 0 saturated carbocycles. The van der Waals surface area contributed by atoms with Crippen molar-refractivity contribution in [1.82, 2.24) is 14.8 Å². The second-order valence-electron chi connectivity index (χ2n) is 7.59. The van der Waals surface area contributed by atoms with E-state index in [-0.39, 0.29) is 11.5 Å². The van der Waals surface area contributed by atoms with Crippen molar-refractivity contribution in [1.29, 1.82) is 0 Å². The van der Waals surface area contributed by atoms with E-state index in [1.54, 1.807) is 50.5 Å². The minimum atomic E-state index is -0.591. The molecule has 33 heavy (non-hydrogen) atoms. The summed E-state index contributed by atoms with van der Waals surface area (Å²) in [5, 5.41) is 10.1. The van der Waals surface area contributed by atoms with Gasteiger partial charge >= 0.3 is 0 Å². The molecule has 4 aromatic rings. The highest BCUT2D eigenvalue weighted by molar-refractivity contribution is 6.05. The fourth-order valence-corrected chi connectivity index (χ4v) is 3.43. The Balaban J connectivity index is 1.53. The first-order chi connectivity index (χ1) is 15.8. The summed E-state index contributed by atoms with van der Waals surface area (Å²) in [6.45, 7) is 3.67. The topological polar surface area (TPSA) is 88.9 Å². The zero-order valence-electron chi connectivity index (χ0n) is 18.4. The molecule has 4 rings (SSSR count). The Kier molecular flexibility index (Phi) is 5.99. The zero-order valence-corrected chi connectivity index (χ0v) is 18.4. The number of hydrogen-bond acceptors (Lipinski definition) is 4. The van der Waals surface area contributed by atoms with E-state index in [2.05, 4.69) is 20.7 Å². The minimum Gasteiger partial charge on any atom is -0.322 e. The number of carbonyl (C=O) groups excluding carboxylic acids is 2. The number of pyridine rings is 1. The Morgan fingerprint density at radius 3 is 2.36 bits per heavy atom. The molecule has 0 aliphatic heterocycles. The van der Waals surface area contributed by atoms with Crippen LogP contribution in [-0.4, -0.2) is 26.6 Å². The van der Waals surface area contributed by atoms with Gasteiger partial charge in [0.25, 0.3) is 11.8 Å². The predicted molar refractivity (Wildman–Crippen MR) is 125 cm³/mol. The lowest BCUT2D eigenvalue weighted by Crippen LogP contribution is -2.15. The molecule has 2 heterocycles. The van der Waals surface area contributed by atoms with Crippen molar-refractivity contribution >= 4 is 23.3 Å². The molecule has 0 spiro atoms. The monoisotopic (exact) mass is 443 g/mol.